The number of H-pyrrole nitrogens is 1. The summed E-state index contributed by atoms with van der Waals surface area (Å²) >= 11 is 1.14. The third kappa shape index (κ3) is 5.36. The fraction of sp³-hybridized carbons (Fsp3) is 0.438. The fourth-order valence-corrected chi connectivity index (χ4v) is 2.74. The van der Waals surface area contributed by atoms with Crippen LogP contribution in [-0.2, 0) is 11.2 Å². The van der Waals surface area contributed by atoms with Crippen molar-refractivity contribution in [2.75, 3.05) is 13.1 Å². The third-order valence-corrected chi connectivity index (χ3v) is 4.03. The summed E-state index contributed by atoms with van der Waals surface area (Å²) in [5, 5.41) is 9.49. The largest absolute Gasteiger partial charge is 0.361 e. The zero-order valence-corrected chi connectivity index (χ0v) is 13.5. The lowest BCUT2D eigenvalue weighted by Crippen LogP contribution is -2.25. The molecule has 0 spiro atoms. The van der Waals surface area contributed by atoms with Crippen LogP contribution in [-0.4, -0.2) is 24.0 Å². The van der Waals surface area contributed by atoms with Gasteiger partial charge in [0.2, 0.25) is 5.91 Å². The number of aromatic nitrogens is 1. The van der Waals surface area contributed by atoms with E-state index in [2.05, 4.69) is 27.2 Å². The lowest BCUT2D eigenvalue weighted by molar-refractivity contribution is -0.121. The number of rotatable bonds is 10. The summed E-state index contributed by atoms with van der Waals surface area (Å²) in [5.41, 5.74) is 2.40. The van der Waals surface area contributed by atoms with Crippen LogP contribution in [0.15, 0.2) is 30.5 Å². The number of carbonyl (C=O) groups is 1. The number of carbonyl (C=O) groups excluding carboxylic acids is 1. The van der Waals surface area contributed by atoms with Crippen LogP contribution in [0.1, 0.15) is 31.2 Å². The molecule has 2 aromatic rings. The fourth-order valence-electron chi connectivity index (χ4n) is 2.48. The Morgan fingerprint density at radius 1 is 1.18 bits per heavy atom. The molecule has 22 heavy (non-hydrogen) atoms. The molecule has 120 valence electrons. The summed E-state index contributed by atoms with van der Waals surface area (Å²) in [6, 6.07) is 8.23. The summed E-state index contributed by atoms with van der Waals surface area (Å²) < 4.78 is 2.99. The Morgan fingerprint density at radius 3 is 2.91 bits per heavy atom. The van der Waals surface area contributed by atoms with Crippen LogP contribution in [0, 0.1) is 0 Å². The first-order valence-electron chi connectivity index (χ1n) is 7.71. The van der Waals surface area contributed by atoms with Gasteiger partial charge < -0.3 is 10.3 Å². The van der Waals surface area contributed by atoms with Crippen molar-refractivity contribution in [3.05, 3.63) is 36.0 Å². The highest BCUT2D eigenvalue weighted by Gasteiger charge is 2.04. The number of hydrogen-bond acceptors (Lipinski definition) is 4. The smallest absolute Gasteiger partial charge is 0.220 e. The highest BCUT2D eigenvalue weighted by atomic mass is 32.2. The molecule has 0 bridgehead atoms. The molecule has 1 amide bonds. The Kier molecular flexibility index (Phi) is 7.28. The van der Waals surface area contributed by atoms with Crippen molar-refractivity contribution in [2.24, 2.45) is 5.14 Å². The Morgan fingerprint density at radius 2 is 2.05 bits per heavy atom. The van der Waals surface area contributed by atoms with Crippen molar-refractivity contribution in [2.45, 2.75) is 32.1 Å². The minimum absolute atomic E-state index is 0.140. The van der Waals surface area contributed by atoms with Crippen molar-refractivity contribution >= 4 is 28.9 Å². The van der Waals surface area contributed by atoms with E-state index in [9.17, 15) is 4.79 Å². The van der Waals surface area contributed by atoms with Gasteiger partial charge in [0.15, 0.2) is 0 Å². The number of nitrogens with one attached hydrogen (secondary N) is 3. The van der Waals surface area contributed by atoms with E-state index in [0.29, 0.717) is 13.0 Å². The molecule has 0 aliphatic rings. The van der Waals surface area contributed by atoms with Crippen molar-refractivity contribution in [3.8, 4) is 0 Å². The lowest BCUT2D eigenvalue weighted by atomic mass is 10.1. The van der Waals surface area contributed by atoms with Crippen molar-refractivity contribution < 1.29 is 4.79 Å². The van der Waals surface area contributed by atoms with E-state index in [4.69, 9.17) is 5.14 Å². The topological polar surface area (TPSA) is 82.9 Å². The predicted molar refractivity (Wildman–Crippen MR) is 93.3 cm³/mol. The molecule has 0 saturated carbocycles. The van der Waals surface area contributed by atoms with E-state index in [-0.39, 0.29) is 5.91 Å². The first-order valence-corrected chi connectivity index (χ1v) is 8.59. The summed E-state index contributed by atoms with van der Waals surface area (Å²) in [4.78, 5) is 15.0. The molecule has 6 heteroatoms. The molecule has 0 fully saturated rings. The number of para-hydroxylation sites is 1. The molecule has 5 N–H and O–H groups in total. The summed E-state index contributed by atoms with van der Waals surface area (Å²) in [6.07, 6.45) is 6.50. The second-order valence-corrected chi connectivity index (χ2v) is 5.81. The number of amides is 1. The molecule has 0 saturated heterocycles. The van der Waals surface area contributed by atoms with Crippen molar-refractivity contribution in [1.29, 1.82) is 0 Å². The Hall–Kier alpha value is -1.50. The van der Waals surface area contributed by atoms with Crippen LogP contribution < -0.4 is 15.2 Å². The lowest BCUT2D eigenvalue weighted by Gasteiger charge is -2.05. The van der Waals surface area contributed by atoms with Gasteiger partial charge in [-0.05, 0) is 30.9 Å². The highest BCUT2D eigenvalue weighted by Crippen LogP contribution is 2.17. The van der Waals surface area contributed by atoms with Crippen molar-refractivity contribution in [3.63, 3.8) is 0 Å². The third-order valence-electron chi connectivity index (χ3n) is 3.66. The number of hydrogen-bond donors (Lipinski definition) is 4. The van der Waals surface area contributed by atoms with Gasteiger partial charge in [0, 0.05) is 48.7 Å². The first-order chi connectivity index (χ1) is 10.8. The van der Waals surface area contributed by atoms with Gasteiger partial charge in [-0.3, -0.25) is 14.7 Å². The normalized spacial score (nSPS) is 11.0. The van der Waals surface area contributed by atoms with E-state index in [1.54, 1.807) is 0 Å². The minimum atomic E-state index is 0.140. The molecular weight excluding hydrogens is 296 g/mol. The molecular formula is C16H24N4OS. The van der Waals surface area contributed by atoms with Gasteiger partial charge in [-0.2, -0.15) is 0 Å². The van der Waals surface area contributed by atoms with Crippen LogP contribution in [0.25, 0.3) is 10.9 Å². The maximum Gasteiger partial charge on any atom is 0.220 e. The molecule has 2 rings (SSSR count). The number of fused-ring (bicyclic) bond motifs is 1. The summed E-state index contributed by atoms with van der Waals surface area (Å²) in [5.74, 6) is 0.140. The van der Waals surface area contributed by atoms with Crippen LogP contribution in [0.5, 0.6) is 0 Å². The summed E-state index contributed by atoms with van der Waals surface area (Å²) in [7, 11) is 0. The zero-order chi connectivity index (χ0) is 15.6. The van der Waals surface area contributed by atoms with Gasteiger partial charge in [0.05, 0.1) is 0 Å². The summed E-state index contributed by atoms with van der Waals surface area (Å²) in [6.45, 7) is 1.58. The maximum absolute atomic E-state index is 11.8. The van der Waals surface area contributed by atoms with Gasteiger partial charge in [-0.15, -0.1) is 0 Å². The quantitative estimate of drug-likeness (QED) is 0.400. The molecule has 0 unspecified atom stereocenters. The monoisotopic (exact) mass is 320 g/mol. The average molecular weight is 320 g/mol. The number of nitrogens with two attached hydrogens (primary N) is 1. The Bertz CT molecular complexity index is 584. The van der Waals surface area contributed by atoms with Crippen LogP contribution in [0.4, 0.5) is 0 Å². The highest BCUT2D eigenvalue weighted by molar-refractivity contribution is 7.95. The SMILES string of the molecule is NSNCCCCCC(=O)NCCc1c[nH]c2ccccc12. The van der Waals surface area contributed by atoms with Gasteiger partial charge >= 0.3 is 0 Å². The number of benzene rings is 1. The molecule has 1 aromatic carbocycles. The molecule has 0 radical (unpaired) electrons. The Balaban J connectivity index is 1.61. The number of unbranched alkanes of at least 4 members (excludes halogenated alkanes) is 2. The zero-order valence-electron chi connectivity index (χ0n) is 12.7. The van der Waals surface area contributed by atoms with Crippen LogP contribution in [0.2, 0.25) is 0 Å². The van der Waals surface area contributed by atoms with E-state index in [1.807, 2.05) is 18.3 Å². The Labute approximate surface area is 135 Å². The average Bonchev–Trinajstić information content (AvgIpc) is 2.94. The molecule has 0 aliphatic carbocycles. The van der Waals surface area contributed by atoms with Gasteiger partial charge in [-0.1, -0.05) is 24.6 Å². The molecule has 1 heterocycles. The van der Waals surface area contributed by atoms with Crippen LogP contribution in [0.3, 0.4) is 0 Å². The molecule has 0 atom stereocenters. The van der Waals surface area contributed by atoms with E-state index < -0.39 is 0 Å². The maximum atomic E-state index is 11.8. The predicted octanol–water partition coefficient (Wildman–Crippen LogP) is 2.50. The molecule has 1 aromatic heterocycles. The number of aromatic amines is 1. The van der Waals surface area contributed by atoms with Crippen molar-refractivity contribution in [1.82, 2.24) is 15.0 Å². The second-order valence-electron chi connectivity index (χ2n) is 5.28. The van der Waals surface area contributed by atoms with E-state index >= 15 is 0 Å². The van der Waals surface area contributed by atoms with E-state index in [1.165, 1.54) is 10.9 Å². The standard InChI is InChI=1S/C16H24N4OS/c17-22-20-10-5-1-2-8-16(21)18-11-9-13-12-19-15-7-4-3-6-14(13)15/h3-4,6-7,12,19-20H,1-2,5,8-11,17H2,(H,18,21). The first kappa shape index (κ1) is 16.9. The molecule has 5 nitrogen and oxygen atoms in total. The van der Waals surface area contributed by atoms with Crippen LogP contribution >= 0.6 is 12.1 Å². The van der Waals surface area contributed by atoms with E-state index in [0.717, 1.165) is 49.9 Å². The minimum Gasteiger partial charge on any atom is -0.361 e. The van der Waals surface area contributed by atoms with Gasteiger partial charge in [0.25, 0.3) is 0 Å². The van der Waals surface area contributed by atoms with Gasteiger partial charge in [0.1, 0.15) is 0 Å². The second kappa shape index (κ2) is 9.50. The van der Waals surface area contributed by atoms with Gasteiger partial charge in [-0.25, -0.2) is 0 Å². The molecule has 0 aliphatic heterocycles.